The van der Waals surface area contributed by atoms with Gasteiger partial charge in [0.1, 0.15) is 0 Å². The summed E-state index contributed by atoms with van der Waals surface area (Å²) in [5.74, 6) is 1.79. The van der Waals surface area contributed by atoms with Crippen molar-refractivity contribution in [2.45, 2.75) is 26.8 Å². The fraction of sp³-hybridized carbons (Fsp3) is 0.600. The molecular formula is C10H16N6O2. The summed E-state index contributed by atoms with van der Waals surface area (Å²) < 4.78 is 10.2. The molecule has 0 fully saturated rings. The number of hydrogen-bond acceptors (Lipinski definition) is 8. The third kappa shape index (κ3) is 3.52. The van der Waals surface area contributed by atoms with Crippen LogP contribution in [0.25, 0.3) is 0 Å². The van der Waals surface area contributed by atoms with E-state index in [0.29, 0.717) is 43.1 Å². The molecule has 8 heteroatoms. The van der Waals surface area contributed by atoms with E-state index in [2.05, 4.69) is 31.0 Å². The van der Waals surface area contributed by atoms with Crippen molar-refractivity contribution < 1.29 is 8.94 Å². The minimum Gasteiger partial charge on any atom is -0.407 e. The van der Waals surface area contributed by atoms with Gasteiger partial charge < -0.3 is 19.6 Å². The van der Waals surface area contributed by atoms with Crippen LogP contribution in [0.1, 0.15) is 24.5 Å². The normalized spacial score (nSPS) is 10.8. The van der Waals surface area contributed by atoms with Gasteiger partial charge in [0.05, 0.1) is 6.54 Å². The van der Waals surface area contributed by atoms with Crippen molar-refractivity contribution in [1.82, 2.24) is 25.7 Å². The summed E-state index contributed by atoms with van der Waals surface area (Å²) >= 11 is 0. The molecule has 0 aliphatic rings. The van der Waals surface area contributed by atoms with E-state index in [0.717, 1.165) is 6.54 Å². The number of nitrogens with zero attached hydrogens (tertiary/aromatic N) is 4. The quantitative estimate of drug-likeness (QED) is 0.735. The Balaban J connectivity index is 1.74. The zero-order chi connectivity index (χ0) is 12.8. The highest BCUT2D eigenvalue weighted by molar-refractivity contribution is 5.16. The first kappa shape index (κ1) is 12.5. The number of rotatable bonds is 7. The van der Waals surface area contributed by atoms with E-state index in [1.165, 1.54) is 0 Å². The van der Waals surface area contributed by atoms with Gasteiger partial charge in [0.2, 0.25) is 11.8 Å². The van der Waals surface area contributed by atoms with Crippen molar-refractivity contribution >= 4 is 6.01 Å². The van der Waals surface area contributed by atoms with E-state index in [9.17, 15) is 0 Å². The molecule has 8 nitrogen and oxygen atoms in total. The summed E-state index contributed by atoms with van der Waals surface area (Å²) in [5, 5.41) is 17.7. The lowest BCUT2D eigenvalue weighted by atomic mass is 10.4. The zero-order valence-corrected chi connectivity index (χ0v) is 10.4. The monoisotopic (exact) mass is 252 g/mol. The average molecular weight is 252 g/mol. The van der Waals surface area contributed by atoms with Crippen molar-refractivity contribution in [3.63, 3.8) is 0 Å². The van der Waals surface area contributed by atoms with Crippen LogP contribution < -0.4 is 10.6 Å². The number of nitrogens with one attached hydrogen (secondary N) is 2. The molecule has 2 aromatic heterocycles. The molecule has 18 heavy (non-hydrogen) atoms. The summed E-state index contributed by atoms with van der Waals surface area (Å²) in [4.78, 5) is 4.09. The molecule has 2 rings (SSSR count). The molecule has 2 aromatic rings. The van der Waals surface area contributed by atoms with Gasteiger partial charge in [-0.1, -0.05) is 17.2 Å². The molecule has 0 aliphatic carbocycles. The van der Waals surface area contributed by atoms with Gasteiger partial charge in [-0.2, -0.15) is 4.98 Å². The van der Waals surface area contributed by atoms with E-state index in [1.54, 1.807) is 6.92 Å². The Morgan fingerprint density at radius 1 is 1.28 bits per heavy atom. The summed E-state index contributed by atoms with van der Waals surface area (Å²) in [6, 6.07) is 0.406. The van der Waals surface area contributed by atoms with Crippen LogP contribution in [0, 0.1) is 6.92 Å². The second kappa shape index (κ2) is 6.10. The first-order valence-corrected chi connectivity index (χ1v) is 5.84. The molecule has 98 valence electrons. The molecule has 0 aliphatic heterocycles. The van der Waals surface area contributed by atoms with Crippen molar-refractivity contribution in [2.75, 3.05) is 18.4 Å². The molecule has 2 heterocycles. The maximum absolute atomic E-state index is 5.37. The molecule has 0 amide bonds. The van der Waals surface area contributed by atoms with Crippen LogP contribution in [-0.2, 0) is 13.0 Å². The number of hydrogen-bond donors (Lipinski definition) is 2. The molecule has 0 atom stereocenters. The predicted octanol–water partition coefficient (Wildman–Crippen LogP) is 0.525. The van der Waals surface area contributed by atoms with Gasteiger partial charge in [0.25, 0.3) is 0 Å². The predicted molar refractivity (Wildman–Crippen MR) is 62.9 cm³/mol. The summed E-state index contributed by atoms with van der Waals surface area (Å²) in [6.07, 6.45) is 0.641. The van der Waals surface area contributed by atoms with Crippen LogP contribution in [-0.4, -0.2) is 33.4 Å². The molecule has 0 unspecified atom stereocenters. The Kier molecular flexibility index (Phi) is 4.24. The van der Waals surface area contributed by atoms with Gasteiger partial charge in [0.15, 0.2) is 5.82 Å². The molecule has 0 saturated carbocycles. The van der Waals surface area contributed by atoms with Gasteiger partial charge in [0, 0.05) is 19.9 Å². The minimum atomic E-state index is 0.406. The fourth-order valence-corrected chi connectivity index (χ4v) is 1.35. The SMILES string of the molecule is CCNCc1nnc(NCCc2noc(C)n2)o1. The van der Waals surface area contributed by atoms with Gasteiger partial charge >= 0.3 is 6.01 Å². The topological polar surface area (TPSA) is 102 Å². The fourth-order valence-electron chi connectivity index (χ4n) is 1.35. The lowest BCUT2D eigenvalue weighted by Crippen LogP contribution is -2.11. The maximum atomic E-state index is 5.37. The van der Waals surface area contributed by atoms with E-state index < -0.39 is 0 Å². The van der Waals surface area contributed by atoms with Gasteiger partial charge in [-0.05, 0) is 6.54 Å². The van der Waals surface area contributed by atoms with Crippen LogP contribution in [0.15, 0.2) is 8.94 Å². The maximum Gasteiger partial charge on any atom is 0.315 e. The van der Waals surface area contributed by atoms with Crippen molar-refractivity contribution in [2.24, 2.45) is 0 Å². The average Bonchev–Trinajstić information content (AvgIpc) is 2.96. The lowest BCUT2D eigenvalue weighted by Gasteiger charge is -1.97. The van der Waals surface area contributed by atoms with Crippen molar-refractivity contribution in [3.8, 4) is 0 Å². The summed E-state index contributed by atoms with van der Waals surface area (Å²) in [7, 11) is 0. The van der Waals surface area contributed by atoms with Gasteiger partial charge in [-0.25, -0.2) is 0 Å². The summed E-state index contributed by atoms with van der Waals surface area (Å²) in [5.41, 5.74) is 0. The van der Waals surface area contributed by atoms with E-state index in [4.69, 9.17) is 8.94 Å². The third-order valence-electron chi connectivity index (χ3n) is 2.19. The second-order valence-corrected chi connectivity index (χ2v) is 3.69. The Morgan fingerprint density at radius 3 is 2.89 bits per heavy atom. The Hall–Kier alpha value is -1.96. The number of aromatic nitrogens is 4. The highest BCUT2D eigenvalue weighted by Crippen LogP contribution is 2.05. The molecule has 0 bridgehead atoms. The minimum absolute atomic E-state index is 0.406. The van der Waals surface area contributed by atoms with Gasteiger partial charge in [-0.3, -0.25) is 0 Å². The first-order valence-electron chi connectivity index (χ1n) is 5.84. The van der Waals surface area contributed by atoms with E-state index >= 15 is 0 Å². The largest absolute Gasteiger partial charge is 0.407 e. The van der Waals surface area contributed by atoms with Crippen molar-refractivity contribution in [3.05, 3.63) is 17.6 Å². The standard InChI is InChI=1S/C10H16N6O2/c1-3-11-6-9-14-15-10(17-9)12-5-4-8-13-7(2)18-16-8/h11H,3-6H2,1-2H3,(H,12,15). The van der Waals surface area contributed by atoms with Crippen LogP contribution in [0.4, 0.5) is 6.01 Å². The number of aryl methyl sites for hydroxylation is 1. The highest BCUT2D eigenvalue weighted by Gasteiger charge is 2.06. The first-order chi connectivity index (χ1) is 8.78. The molecular weight excluding hydrogens is 236 g/mol. The van der Waals surface area contributed by atoms with E-state index in [-0.39, 0.29) is 0 Å². The lowest BCUT2D eigenvalue weighted by molar-refractivity contribution is 0.387. The van der Waals surface area contributed by atoms with Crippen LogP contribution >= 0.6 is 0 Å². The second-order valence-electron chi connectivity index (χ2n) is 3.69. The Bertz CT molecular complexity index is 480. The van der Waals surface area contributed by atoms with Crippen molar-refractivity contribution in [1.29, 1.82) is 0 Å². The summed E-state index contributed by atoms with van der Waals surface area (Å²) in [6.45, 7) is 5.83. The molecule has 0 saturated heterocycles. The van der Waals surface area contributed by atoms with Crippen LogP contribution in [0.2, 0.25) is 0 Å². The Labute approximate surface area is 104 Å². The molecule has 0 radical (unpaired) electrons. The number of anilines is 1. The van der Waals surface area contributed by atoms with Gasteiger partial charge in [-0.15, -0.1) is 5.10 Å². The molecule has 2 N–H and O–H groups in total. The Morgan fingerprint density at radius 2 is 2.17 bits per heavy atom. The smallest absolute Gasteiger partial charge is 0.315 e. The zero-order valence-electron chi connectivity index (χ0n) is 10.4. The highest BCUT2D eigenvalue weighted by atomic mass is 16.5. The molecule has 0 aromatic carbocycles. The van der Waals surface area contributed by atoms with Crippen LogP contribution in [0.3, 0.4) is 0 Å². The third-order valence-corrected chi connectivity index (χ3v) is 2.19. The van der Waals surface area contributed by atoms with Crippen LogP contribution in [0.5, 0.6) is 0 Å². The molecule has 0 spiro atoms. The van der Waals surface area contributed by atoms with E-state index in [1.807, 2.05) is 6.92 Å².